The predicted octanol–water partition coefficient (Wildman–Crippen LogP) is 2.76. The molecule has 1 heterocycles. The number of hydrogen-bond acceptors (Lipinski definition) is 4. The van der Waals surface area contributed by atoms with Crippen molar-refractivity contribution in [2.45, 2.75) is 13.0 Å². The summed E-state index contributed by atoms with van der Waals surface area (Å²) in [5.41, 5.74) is 1.03. The Hall–Kier alpha value is -2.60. The Bertz CT molecular complexity index is 751. The first kappa shape index (κ1) is 19.2. The molecule has 2 N–H and O–H groups in total. The molecule has 0 spiro atoms. The van der Waals surface area contributed by atoms with Gasteiger partial charge in [0.2, 0.25) is 5.91 Å². The largest absolute Gasteiger partial charge is 0.497 e. The van der Waals surface area contributed by atoms with Crippen LogP contribution in [0, 0.1) is 17.7 Å². The highest BCUT2D eigenvalue weighted by Crippen LogP contribution is 2.20. The van der Waals surface area contributed by atoms with Gasteiger partial charge in [0, 0.05) is 31.6 Å². The molecule has 0 bridgehead atoms. The van der Waals surface area contributed by atoms with Crippen molar-refractivity contribution in [3.8, 4) is 11.5 Å². The zero-order valence-corrected chi connectivity index (χ0v) is 15.4. The number of nitrogens with one attached hydrogen (secondary N) is 2. The number of ether oxygens (including phenoxy) is 2. The topological polar surface area (TPSA) is 59.6 Å². The van der Waals surface area contributed by atoms with Crippen molar-refractivity contribution in [1.82, 2.24) is 10.6 Å². The molecule has 1 saturated heterocycles. The van der Waals surface area contributed by atoms with Gasteiger partial charge in [-0.05, 0) is 36.2 Å². The van der Waals surface area contributed by atoms with E-state index in [9.17, 15) is 9.18 Å². The number of halogens is 1. The molecule has 0 aliphatic carbocycles. The summed E-state index contributed by atoms with van der Waals surface area (Å²) in [6.45, 7) is 2.39. The number of piperidine rings is 1. The van der Waals surface area contributed by atoms with Gasteiger partial charge in [-0.2, -0.15) is 0 Å². The van der Waals surface area contributed by atoms with Crippen LogP contribution in [0.4, 0.5) is 4.39 Å². The van der Waals surface area contributed by atoms with Crippen LogP contribution in [-0.2, 0) is 11.3 Å². The molecular formula is C21H25FN2O3. The van der Waals surface area contributed by atoms with Gasteiger partial charge < -0.3 is 20.1 Å². The highest BCUT2D eigenvalue weighted by molar-refractivity contribution is 5.79. The first-order valence-corrected chi connectivity index (χ1v) is 9.14. The van der Waals surface area contributed by atoms with Gasteiger partial charge in [-0.25, -0.2) is 4.39 Å². The van der Waals surface area contributed by atoms with Gasteiger partial charge in [-0.15, -0.1) is 0 Å². The highest BCUT2D eigenvalue weighted by Gasteiger charge is 2.27. The summed E-state index contributed by atoms with van der Waals surface area (Å²) in [5, 5.41) is 6.29. The molecule has 2 atom stereocenters. The number of carbonyl (C=O) groups is 1. The SMILES string of the molecule is COc1ccc(CNC(=O)[C@H]2CNC[C@@H](COc3cccc(F)c3)C2)cc1. The number of hydrogen-bond donors (Lipinski definition) is 2. The fraction of sp³-hybridized carbons (Fsp3) is 0.381. The summed E-state index contributed by atoms with van der Waals surface area (Å²) in [6.07, 6.45) is 0.747. The maximum Gasteiger partial charge on any atom is 0.224 e. The lowest BCUT2D eigenvalue weighted by atomic mass is 9.90. The summed E-state index contributed by atoms with van der Waals surface area (Å²) in [4.78, 5) is 12.5. The third-order valence-electron chi connectivity index (χ3n) is 4.72. The van der Waals surface area contributed by atoms with Crippen molar-refractivity contribution in [3.05, 3.63) is 59.9 Å². The highest BCUT2D eigenvalue weighted by atomic mass is 19.1. The van der Waals surface area contributed by atoms with E-state index in [1.54, 1.807) is 19.2 Å². The van der Waals surface area contributed by atoms with E-state index in [-0.39, 0.29) is 23.6 Å². The lowest BCUT2D eigenvalue weighted by Gasteiger charge is -2.29. The third-order valence-corrected chi connectivity index (χ3v) is 4.72. The van der Waals surface area contributed by atoms with Gasteiger partial charge in [0.25, 0.3) is 0 Å². The van der Waals surface area contributed by atoms with E-state index in [1.165, 1.54) is 12.1 Å². The lowest BCUT2D eigenvalue weighted by Crippen LogP contribution is -2.45. The van der Waals surface area contributed by atoms with Crippen LogP contribution in [0.25, 0.3) is 0 Å². The summed E-state index contributed by atoms with van der Waals surface area (Å²) < 4.78 is 24.0. The van der Waals surface area contributed by atoms with E-state index in [0.717, 1.165) is 24.3 Å². The van der Waals surface area contributed by atoms with Gasteiger partial charge in [0.15, 0.2) is 0 Å². The number of rotatable bonds is 7. The van der Waals surface area contributed by atoms with Crippen molar-refractivity contribution < 1.29 is 18.7 Å². The number of amides is 1. The van der Waals surface area contributed by atoms with E-state index in [2.05, 4.69) is 10.6 Å². The van der Waals surface area contributed by atoms with E-state index >= 15 is 0 Å². The van der Waals surface area contributed by atoms with Gasteiger partial charge in [0.1, 0.15) is 17.3 Å². The molecule has 5 nitrogen and oxygen atoms in total. The lowest BCUT2D eigenvalue weighted by molar-refractivity contribution is -0.126. The zero-order chi connectivity index (χ0) is 19.1. The summed E-state index contributed by atoms with van der Waals surface area (Å²) in [6, 6.07) is 13.7. The first-order chi connectivity index (χ1) is 13.1. The molecule has 0 aromatic heterocycles. The van der Waals surface area contributed by atoms with Crippen molar-refractivity contribution in [2.24, 2.45) is 11.8 Å². The minimum atomic E-state index is -0.315. The smallest absolute Gasteiger partial charge is 0.224 e. The Labute approximate surface area is 158 Å². The Morgan fingerprint density at radius 1 is 1.19 bits per heavy atom. The van der Waals surface area contributed by atoms with Crippen LogP contribution in [0.15, 0.2) is 48.5 Å². The molecule has 0 unspecified atom stereocenters. The first-order valence-electron chi connectivity index (χ1n) is 9.14. The maximum absolute atomic E-state index is 13.2. The normalized spacial score (nSPS) is 19.3. The molecule has 0 radical (unpaired) electrons. The Morgan fingerprint density at radius 3 is 2.74 bits per heavy atom. The Balaban J connectivity index is 1.45. The molecule has 1 amide bonds. The molecule has 144 valence electrons. The fourth-order valence-corrected chi connectivity index (χ4v) is 3.21. The predicted molar refractivity (Wildman–Crippen MR) is 101 cm³/mol. The third kappa shape index (κ3) is 5.69. The van der Waals surface area contributed by atoms with Crippen molar-refractivity contribution in [1.29, 1.82) is 0 Å². The minimum Gasteiger partial charge on any atom is -0.497 e. The Morgan fingerprint density at radius 2 is 2.00 bits per heavy atom. The second kappa shape index (κ2) is 9.37. The average molecular weight is 372 g/mol. The number of methoxy groups -OCH3 is 1. The van der Waals surface area contributed by atoms with E-state index in [0.29, 0.717) is 25.4 Å². The van der Waals surface area contributed by atoms with Gasteiger partial charge >= 0.3 is 0 Å². The van der Waals surface area contributed by atoms with Crippen LogP contribution in [0.5, 0.6) is 11.5 Å². The van der Waals surface area contributed by atoms with Crippen LogP contribution in [-0.4, -0.2) is 32.7 Å². The summed E-state index contributed by atoms with van der Waals surface area (Å²) in [7, 11) is 1.63. The number of benzene rings is 2. The van der Waals surface area contributed by atoms with Gasteiger partial charge in [0.05, 0.1) is 19.6 Å². The molecule has 1 aliphatic rings. The van der Waals surface area contributed by atoms with Gasteiger partial charge in [-0.1, -0.05) is 18.2 Å². The molecule has 0 saturated carbocycles. The van der Waals surface area contributed by atoms with Crippen molar-refractivity contribution >= 4 is 5.91 Å². The molecule has 2 aromatic carbocycles. The van der Waals surface area contributed by atoms with E-state index in [1.807, 2.05) is 24.3 Å². The number of carbonyl (C=O) groups excluding carboxylic acids is 1. The van der Waals surface area contributed by atoms with Crippen molar-refractivity contribution in [2.75, 3.05) is 26.8 Å². The van der Waals surface area contributed by atoms with Crippen LogP contribution in [0.1, 0.15) is 12.0 Å². The van der Waals surface area contributed by atoms with Crippen LogP contribution in [0.3, 0.4) is 0 Å². The maximum atomic E-state index is 13.2. The van der Waals surface area contributed by atoms with Crippen LogP contribution in [0.2, 0.25) is 0 Å². The van der Waals surface area contributed by atoms with Crippen molar-refractivity contribution in [3.63, 3.8) is 0 Å². The standard InChI is InChI=1S/C21H25FN2O3/c1-26-19-7-5-15(6-8-19)12-24-21(25)17-9-16(11-23-13-17)14-27-20-4-2-3-18(22)10-20/h2-8,10,16-17,23H,9,11-14H2,1H3,(H,24,25)/t16-,17+/m0/s1. The molecule has 27 heavy (non-hydrogen) atoms. The molecule has 1 fully saturated rings. The van der Waals surface area contributed by atoms with E-state index < -0.39 is 0 Å². The molecule has 3 rings (SSSR count). The Kier molecular flexibility index (Phi) is 6.65. The fourth-order valence-electron chi connectivity index (χ4n) is 3.21. The zero-order valence-electron chi connectivity index (χ0n) is 15.4. The van der Waals surface area contributed by atoms with Gasteiger partial charge in [-0.3, -0.25) is 4.79 Å². The van der Waals surface area contributed by atoms with Crippen LogP contribution >= 0.6 is 0 Å². The summed E-state index contributed by atoms with van der Waals surface area (Å²) >= 11 is 0. The second-order valence-corrected chi connectivity index (χ2v) is 6.79. The monoisotopic (exact) mass is 372 g/mol. The minimum absolute atomic E-state index is 0.0359. The quantitative estimate of drug-likeness (QED) is 0.785. The van der Waals surface area contributed by atoms with E-state index in [4.69, 9.17) is 9.47 Å². The average Bonchev–Trinajstić information content (AvgIpc) is 2.71. The molecular weight excluding hydrogens is 347 g/mol. The molecule has 6 heteroatoms. The second-order valence-electron chi connectivity index (χ2n) is 6.79. The summed E-state index contributed by atoms with van der Waals surface area (Å²) in [5.74, 6) is 1.14. The molecule has 2 aromatic rings. The molecule has 1 aliphatic heterocycles. The van der Waals surface area contributed by atoms with Crippen LogP contribution < -0.4 is 20.1 Å².